The Kier molecular flexibility index (Phi) is 6.42. The number of alkyl halides is 1. The third-order valence-electron chi connectivity index (χ3n) is 8.78. The molecule has 3 aromatic heterocycles. The number of hydrogen-bond acceptors (Lipinski definition) is 7. The molecule has 12 heteroatoms. The topological polar surface area (TPSA) is 130 Å². The Morgan fingerprint density at radius 1 is 1.18 bits per heavy atom. The molecule has 3 aliphatic rings. The second kappa shape index (κ2) is 9.83. The summed E-state index contributed by atoms with van der Waals surface area (Å²) < 4.78 is 35.1. The smallest absolute Gasteiger partial charge is 0.272 e. The van der Waals surface area contributed by atoms with Gasteiger partial charge < -0.3 is 20.3 Å². The summed E-state index contributed by atoms with van der Waals surface area (Å²) >= 11 is 0. The second-order valence-corrected chi connectivity index (χ2v) is 11.1. The van der Waals surface area contributed by atoms with Crippen LogP contribution in [0, 0.1) is 30.5 Å². The summed E-state index contributed by atoms with van der Waals surface area (Å²) in [5, 5.41) is 6.91. The Bertz CT molecular complexity index is 1450. The van der Waals surface area contributed by atoms with Crippen molar-refractivity contribution in [2.24, 2.45) is 23.5 Å². The molecule has 10 nitrogen and oxygen atoms in total. The highest BCUT2D eigenvalue weighted by Gasteiger charge is 2.66. The number of piperidine rings is 1. The molecule has 3 unspecified atom stereocenters. The van der Waals surface area contributed by atoms with Crippen LogP contribution in [0.3, 0.4) is 0 Å². The molecular weight excluding hydrogens is 520 g/mol. The molecule has 2 saturated heterocycles. The van der Waals surface area contributed by atoms with E-state index in [1.165, 1.54) is 19.2 Å². The van der Waals surface area contributed by atoms with E-state index in [1.54, 1.807) is 11.1 Å². The highest BCUT2D eigenvalue weighted by atomic mass is 19.1. The Balaban J connectivity index is 1.25. The number of H-pyrrole nitrogens is 1. The minimum absolute atomic E-state index is 0.124. The Morgan fingerprint density at radius 3 is 2.73 bits per heavy atom. The molecule has 1 spiro atoms. The van der Waals surface area contributed by atoms with Crippen LogP contribution in [0.25, 0.3) is 11.3 Å². The lowest BCUT2D eigenvalue weighted by molar-refractivity contribution is -0.124. The number of nitrogens with zero attached hydrogens (tertiary/aromatic N) is 5. The number of methoxy groups -OCH3 is 1. The van der Waals surface area contributed by atoms with Crippen molar-refractivity contribution in [3.63, 3.8) is 0 Å². The van der Waals surface area contributed by atoms with Crippen molar-refractivity contribution in [1.29, 1.82) is 0 Å². The number of nitrogens with two attached hydrogens (primary N) is 1. The maximum absolute atomic E-state index is 15.5. The van der Waals surface area contributed by atoms with E-state index in [-0.39, 0.29) is 53.0 Å². The largest absolute Gasteiger partial charge is 0.481 e. The SMILES string of the molecule is COc1cc(-c2cc(C(=O)N3CCC(C(N)=O)CC34CC4[C@@H]3CN(c4ccc(C)nc4)C[C@H]3F)[nH]n2)c(F)cn1. The number of primary amides is 1. The van der Waals surface area contributed by atoms with Gasteiger partial charge in [-0.25, -0.2) is 13.8 Å². The van der Waals surface area contributed by atoms with Gasteiger partial charge in [0.1, 0.15) is 11.9 Å². The molecule has 0 radical (unpaired) electrons. The van der Waals surface area contributed by atoms with E-state index < -0.39 is 23.4 Å². The quantitative estimate of drug-likeness (QED) is 0.482. The molecule has 5 atom stereocenters. The fraction of sp³-hybridized carbons (Fsp3) is 0.464. The number of aryl methyl sites for hydroxylation is 1. The molecule has 0 bridgehead atoms. The van der Waals surface area contributed by atoms with Crippen molar-refractivity contribution in [3.05, 3.63) is 53.9 Å². The molecule has 3 fully saturated rings. The molecule has 2 amide bonds. The van der Waals surface area contributed by atoms with Gasteiger partial charge in [-0.05, 0) is 50.3 Å². The van der Waals surface area contributed by atoms with Crippen molar-refractivity contribution in [3.8, 4) is 17.1 Å². The molecule has 5 heterocycles. The third kappa shape index (κ3) is 4.44. The molecule has 1 aliphatic carbocycles. The van der Waals surface area contributed by atoms with E-state index >= 15 is 4.39 Å². The summed E-state index contributed by atoms with van der Waals surface area (Å²) in [6.45, 7) is 2.96. The van der Waals surface area contributed by atoms with E-state index in [9.17, 15) is 14.0 Å². The van der Waals surface area contributed by atoms with Gasteiger partial charge in [0.2, 0.25) is 11.8 Å². The number of ether oxygens (including phenoxy) is 1. The first-order valence-corrected chi connectivity index (χ1v) is 13.4. The zero-order valence-electron chi connectivity index (χ0n) is 22.3. The van der Waals surface area contributed by atoms with Gasteiger partial charge in [-0.15, -0.1) is 0 Å². The number of likely N-dealkylation sites (tertiary alicyclic amines) is 1. The summed E-state index contributed by atoms with van der Waals surface area (Å²) in [6.07, 6.45) is 3.12. The van der Waals surface area contributed by atoms with E-state index in [2.05, 4.69) is 20.2 Å². The number of halogens is 2. The fourth-order valence-electron chi connectivity index (χ4n) is 6.58. The van der Waals surface area contributed by atoms with Crippen molar-refractivity contribution in [2.75, 3.05) is 31.6 Å². The maximum atomic E-state index is 15.5. The van der Waals surface area contributed by atoms with Crippen LogP contribution in [0.1, 0.15) is 35.4 Å². The van der Waals surface area contributed by atoms with Crippen molar-refractivity contribution in [1.82, 2.24) is 25.1 Å². The summed E-state index contributed by atoms with van der Waals surface area (Å²) in [5.41, 5.74) is 7.33. The van der Waals surface area contributed by atoms with Gasteiger partial charge in [0.25, 0.3) is 5.91 Å². The number of pyridine rings is 2. The molecule has 0 aromatic carbocycles. The molecule has 3 N–H and O–H groups in total. The monoisotopic (exact) mass is 551 g/mol. The fourth-order valence-corrected chi connectivity index (χ4v) is 6.58. The van der Waals surface area contributed by atoms with Crippen LogP contribution in [0.5, 0.6) is 5.88 Å². The maximum Gasteiger partial charge on any atom is 0.272 e. The first-order valence-electron chi connectivity index (χ1n) is 13.4. The van der Waals surface area contributed by atoms with Gasteiger partial charge in [-0.1, -0.05) is 0 Å². The summed E-state index contributed by atoms with van der Waals surface area (Å²) in [4.78, 5) is 37.9. The van der Waals surface area contributed by atoms with Crippen LogP contribution in [-0.4, -0.2) is 75.3 Å². The summed E-state index contributed by atoms with van der Waals surface area (Å²) in [5.74, 6) is -1.93. The Morgan fingerprint density at radius 2 is 2.00 bits per heavy atom. The first kappa shape index (κ1) is 26.1. The zero-order chi connectivity index (χ0) is 28.2. The number of nitrogens with one attached hydrogen (secondary N) is 1. The van der Waals surface area contributed by atoms with Gasteiger partial charge in [0.05, 0.1) is 30.9 Å². The van der Waals surface area contributed by atoms with Gasteiger partial charge in [0.15, 0.2) is 5.82 Å². The van der Waals surface area contributed by atoms with Crippen LogP contribution in [0.4, 0.5) is 14.5 Å². The van der Waals surface area contributed by atoms with Gasteiger partial charge in [-0.3, -0.25) is 19.7 Å². The van der Waals surface area contributed by atoms with Crippen LogP contribution < -0.4 is 15.4 Å². The predicted octanol–water partition coefficient (Wildman–Crippen LogP) is 2.89. The van der Waals surface area contributed by atoms with Crippen LogP contribution in [0.2, 0.25) is 0 Å². The molecule has 3 aromatic rings. The lowest BCUT2D eigenvalue weighted by Gasteiger charge is -2.41. The van der Waals surface area contributed by atoms with Crippen LogP contribution in [0.15, 0.2) is 36.7 Å². The zero-order valence-corrected chi connectivity index (χ0v) is 22.3. The van der Waals surface area contributed by atoms with Gasteiger partial charge in [-0.2, -0.15) is 5.10 Å². The minimum Gasteiger partial charge on any atom is -0.481 e. The number of aromatic amines is 1. The average molecular weight is 552 g/mol. The Hall–Kier alpha value is -4.09. The number of anilines is 1. The minimum atomic E-state index is -1.08. The molecule has 1 saturated carbocycles. The number of rotatable bonds is 6. The van der Waals surface area contributed by atoms with Gasteiger partial charge >= 0.3 is 0 Å². The van der Waals surface area contributed by atoms with E-state index in [0.29, 0.717) is 32.4 Å². The van der Waals surface area contributed by atoms with E-state index in [0.717, 1.165) is 17.6 Å². The normalized spacial score (nSPS) is 27.7. The number of carbonyl (C=O) groups is 2. The van der Waals surface area contributed by atoms with Gasteiger partial charge in [0, 0.05) is 54.3 Å². The van der Waals surface area contributed by atoms with Crippen LogP contribution in [-0.2, 0) is 4.79 Å². The first-order chi connectivity index (χ1) is 19.2. The number of carbonyl (C=O) groups excluding carboxylic acids is 2. The average Bonchev–Trinajstić information content (AvgIpc) is 3.26. The summed E-state index contributed by atoms with van der Waals surface area (Å²) in [6, 6.07) is 6.75. The lowest BCUT2D eigenvalue weighted by Crippen LogP contribution is -2.52. The lowest BCUT2D eigenvalue weighted by atomic mass is 9.84. The summed E-state index contributed by atoms with van der Waals surface area (Å²) in [7, 11) is 1.42. The second-order valence-electron chi connectivity index (χ2n) is 11.1. The molecule has 2 aliphatic heterocycles. The van der Waals surface area contributed by atoms with Crippen molar-refractivity contribution >= 4 is 17.5 Å². The molecule has 40 heavy (non-hydrogen) atoms. The highest BCUT2D eigenvalue weighted by Crippen LogP contribution is 2.60. The van der Waals surface area contributed by atoms with E-state index in [1.807, 2.05) is 24.0 Å². The van der Waals surface area contributed by atoms with Crippen molar-refractivity contribution < 1.29 is 23.1 Å². The third-order valence-corrected chi connectivity index (χ3v) is 8.78. The van der Waals surface area contributed by atoms with E-state index in [4.69, 9.17) is 10.5 Å². The predicted molar refractivity (Wildman–Crippen MR) is 142 cm³/mol. The molecular formula is C28H31F2N7O3. The number of aromatic nitrogens is 4. The Labute approximate surface area is 229 Å². The highest BCUT2D eigenvalue weighted by molar-refractivity contribution is 5.94. The number of amides is 2. The van der Waals surface area contributed by atoms with Crippen molar-refractivity contribution in [2.45, 2.75) is 37.9 Å². The molecule has 6 rings (SSSR count). The number of hydrogen-bond donors (Lipinski definition) is 2. The van der Waals surface area contributed by atoms with Crippen LogP contribution >= 0.6 is 0 Å². The molecule has 210 valence electrons. The standard InChI is InChI=1S/C28H31F2N7O3/c1-15-3-4-17(11-32-15)36-13-19(22(30)14-36)20-10-28(20)9-16(26(31)38)5-6-37(28)27(39)24-8-23(34-35-24)18-7-25(40-2)33-12-21(18)29/h3-4,7-8,11-12,16,19-20,22H,5-6,9-10,13-14H2,1-2H3,(H2,31,38)(H,34,35)/t16?,19-,20?,22+,28?/m0/s1.